The Morgan fingerprint density at radius 3 is 2.80 bits per heavy atom. The summed E-state index contributed by atoms with van der Waals surface area (Å²) in [7, 11) is 1.90. The van der Waals surface area contributed by atoms with Gasteiger partial charge in [0, 0.05) is 24.1 Å². The number of rotatable bonds is 3. The van der Waals surface area contributed by atoms with Gasteiger partial charge in [-0.15, -0.1) is 0 Å². The molecule has 1 aliphatic rings. The molecule has 0 amide bonds. The van der Waals surface area contributed by atoms with Crippen LogP contribution in [0.4, 0.5) is 4.39 Å². The lowest BCUT2D eigenvalue weighted by Crippen LogP contribution is -2.27. The van der Waals surface area contributed by atoms with Crippen LogP contribution in [0.2, 0.25) is 0 Å². The molecule has 2 aromatic carbocycles. The molecule has 0 aliphatic carbocycles. The van der Waals surface area contributed by atoms with Crippen LogP contribution in [0.3, 0.4) is 0 Å². The normalized spacial score (nSPS) is 16.9. The highest BCUT2D eigenvalue weighted by atomic mass is 19.1. The first-order chi connectivity index (χ1) is 9.69. The van der Waals surface area contributed by atoms with E-state index in [9.17, 15) is 4.39 Å². The van der Waals surface area contributed by atoms with Crippen molar-refractivity contribution in [3.05, 3.63) is 53.3 Å². The molecule has 1 atom stereocenters. The number of aryl methyl sites for hydroxylation is 1. The third-order valence-corrected chi connectivity index (χ3v) is 3.73. The Hall–Kier alpha value is -1.87. The molecular formula is C17H18FNO. The molecule has 2 nitrogen and oxygen atoms in total. The van der Waals surface area contributed by atoms with Crippen molar-refractivity contribution < 1.29 is 9.13 Å². The molecule has 0 aromatic heterocycles. The maximum atomic E-state index is 13.9. The monoisotopic (exact) mass is 271 g/mol. The van der Waals surface area contributed by atoms with Crippen LogP contribution < -0.4 is 10.1 Å². The second-order valence-electron chi connectivity index (χ2n) is 5.26. The van der Waals surface area contributed by atoms with Gasteiger partial charge in [0.15, 0.2) is 0 Å². The molecule has 2 aromatic rings. The molecule has 0 fully saturated rings. The third kappa shape index (κ3) is 2.29. The Labute approximate surface area is 118 Å². The largest absolute Gasteiger partial charge is 0.488 e. The molecule has 0 bridgehead atoms. The van der Waals surface area contributed by atoms with Crippen molar-refractivity contribution in [2.75, 3.05) is 13.6 Å². The first kappa shape index (κ1) is 13.1. The van der Waals surface area contributed by atoms with E-state index in [-0.39, 0.29) is 11.9 Å². The lowest BCUT2D eigenvalue weighted by atomic mass is 9.97. The minimum atomic E-state index is -0.198. The van der Waals surface area contributed by atoms with Crippen molar-refractivity contribution in [2.45, 2.75) is 19.4 Å². The molecule has 0 spiro atoms. The zero-order valence-corrected chi connectivity index (χ0v) is 11.7. The van der Waals surface area contributed by atoms with E-state index >= 15 is 0 Å². The summed E-state index contributed by atoms with van der Waals surface area (Å²) in [6.07, 6.45) is 0.840. The summed E-state index contributed by atoms with van der Waals surface area (Å²) in [5.74, 6) is 0.636. The van der Waals surface area contributed by atoms with Crippen LogP contribution in [0, 0.1) is 12.7 Å². The number of halogens is 1. The van der Waals surface area contributed by atoms with Gasteiger partial charge in [-0.25, -0.2) is 4.39 Å². The number of fused-ring (bicyclic) bond motifs is 1. The van der Waals surface area contributed by atoms with E-state index in [0.29, 0.717) is 0 Å². The number of nitrogens with one attached hydrogen (secondary N) is 1. The molecule has 0 saturated carbocycles. The number of benzene rings is 2. The van der Waals surface area contributed by atoms with Crippen molar-refractivity contribution in [1.82, 2.24) is 5.32 Å². The van der Waals surface area contributed by atoms with Crippen LogP contribution in [0.5, 0.6) is 5.75 Å². The minimum Gasteiger partial charge on any atom is -0.488 e. The topological polar surface area (TPSA) is 21.3 Å². The molecule has 3 rings (SSSR count). The van der Waals surface area contributed by atoms with Crippen molar-refractivity contribution in [3.63, 3.8) is 0 Å². The first-order valence-electron chi connectivity index (χ1n) is 6.88. The van der Waals surface area contributed by atoms with Gasteiger partial charge in [-0.05, 0) is 37.2 Å². The molecule has 0 radical (unpaired) electrons. The molecule has 3 heteroatoms. The van der Waals surface area contributed by atoms with E-state index in [1.54, 1.807) is 12.1 Å². The Morgan fingerprint density at radius 1 is 1.25 bits per heavy atom. The van der Waals surface area contributed by atoms with Gasteiger partial charge in [0.1, 0.15) is 17.7 Å². The smallest absolute Gasteiger partial charge is 0.131 e. The van der Waals surface area contributed by atoms with Gasteiger partial charge in [-0.2, -0.15) is 0 Å². The summed E-state index contributed by atoms with van der Waals surface area (Å²) < 4.78 is 19.9. The van der Waals surface area contributed by atoms with Gasteiger partial charge >= 0.3 is 0 Å². The summed E-state index contributed by atoms with van der Waals surface area (Å²) in [5, 5.41) is 3.11. The van der Waals surface area contributed by atoms with E-state index in [1.807, 2.05) is 38.2 Å². The van der Waals surface area contributed by atoms with Gasteiger partial charge in [0.2, 0.25) is 0 Å². The Bertz CT molecular complexity index is 639. The highest BCUT2D eigenvalue weighted by Gasteiger charge is 2.26. The summed E-state index contributed by atoms with van der Waals surface area (Å²) >= 11 is 0. The van der Waals surface area contributed by atoms with E-state index in [1.165, 1.54) is 0 Å². The quantitative estimate of drug-likeness (QED) is 0.924. The van der Waals surface area contributed by atoms with E-state index < -0.39 is 0 Å². The van der Waals surface area contributed by atoms with Gasteiger partial charge in [0.25, 0.3) is 0 Å². The molecule has 1 heterocycles. The summed E-state index contributed by atoms with van der Waals surface area (Å²) in [6, 6.07) is 11.2. The number of ether oxygens (including phenoxy) is 1. The molecule has 1 unspecified atom stereocenters. The number of likely N-dealkylation sites (N-methyl/N-ethyl adjacent to an activating group) is 1. The van der Waals surface area contributed by atoms with Crippen molar-refractivity contribution in [3.8, 4) is 16.9 Å². The van der Waals surface area contributed by atoms with Crippen LogP contribution in [0.25, 0.3) is 11.1 Å². The molecule has 104 valence electrons. The molecule has 20 heavy (non-hydrogen) atoms. The maximum Gasteiger partial charge on any atom is 0.131 e. The second kappa shape index (κ2) is 5.25. The van der Waals surface area contributed by atoms with Crippen molar-refractivity contribution in [2.24, 2.45) is 0 Å². The van der Waals surface area contributed by atoms with Crippen LogP contribution in [-0.4, -0.2) is 19.7 Å². The first-order valence-corrected chi connectivity index (χ1v) is 6.88. The minimum absolute atomic E-state index is 0.0829. The van der Waals surface area contributed by atoms with Gasteiger partial charge < -0.3 is 10.1 Å². The summed E-state index contributed by atoms with van der Waals surface area (Å²) in [4.78, 5) is 0. The van der Waals surface area contributed by atoms with Gasteiger partial charge in [-0.1, -0.05) is 24.3 Å². The fraction of sp³-hybridized carbons (Fsp3) is 0.294. The molecule has 0 saturated heterocycles. The standard InChI is InChI=1S/C17H18FNO/c1-11-5-3-4-6-15(11)16-9-13(18)7-12-8-14(10-19-2)20-17(12)16/h3-7,9,14,19H,8,10H2,1-2H3. The van der Waals surface area contributed by atoms with E-state index in [2.05, 4.69) is 5.32 Å². The van der Waals surface area contributed by atoms with Crippen LogP contribution in [-0.2, 0) is 6.42 Å². The zero-order chi connectivity index (χ0) is 14.1. The van der Waals surface area contributed by atoms with E-state index in [4.69, 9.17) is 4.74 Å². The highest BCUT2D eigenvalue weighted by molar-refractivity contribution is 5.75. The highest BCUT2D eigenvalue weighted by Crippen LogP contribution is 2.40. The van der Waals surface area contributed by atoms with Crippen LogP contribution in [0.15, 0.2) is 36.4 Å². The maximum absolute atomic E-state index is 13.9. The van der Waals surface area contributed by atoms with Crippen LogP contribution in [0.1, 0.15) is 11.1 Å². The fourth-order valence-corrected chi connectivity index (χ4v) is 2.81. The van der Waals surface area contributed by atoms with Gasteiger partial charge in [-0.3, -0.25) is 0 Å². The summed E-state index contributed by atoms with van der Waals surface area (Å²) in [6.45, 7) is 2.80. The number of hydrogen-bond acceptors (Lipinski definition) is 2. The Balaban J connectivity index is 2.08. The van der Waals surface area contributed by atoms with Gasteiger partial charge in [0.05, 0.1) is 0 Å². The average Bonchev–Trinajstić information content (AvgIpc) is 2.81. The predicted molar refractivity (Wildman–Crippen MR) is 78.6 cm³/mol. The second-order valence-corrected chi connectivity index (χ2v) is 5.26. The lowest BCUT2D eigenvalue weighted by molar-refractivity contribution is 0.232. The Kier molecular flexibility index (Phi) is 3.45. The SMILES string of the molecule is CNCC1Cc2cc(F)cc(-c3ccccc3C)c2O1. The predicted octanol–water partition coefficient (Wildman–Crippen LogP) is 3.32. The lowest BCUT2D eigenvalue weighted by Gasteiger charge is -2.13. The third-order valence-electron chi connectivity index (χ3n) is 3.73. The number of hydrogen-bond donors (Lipinski definition) is 1. The van der Waals surface area contributed by atoms with E-state index in [0.717, 1.165) is 41.0 Å². The Morgan fingerprint density at radius 2 is 2.05 bits per heavy atom. The van der Waals surface area contributed by atoms with Crippen LogP contribution >= 0.6 is 0 Å². The molecule has 1 N–H and O–H groups in total. The fourth-order valence-electron chi connectivity index (χ4n) is 2.81. The molecule has 1 aliphatic heterocycles. The zero-order valence-electron chi connectivity index (χ0n) is 11.7. The average molecular weight is 271 g/mol. The summed E-state index contributed by atoms with van der Waals surface area (Å²) in [5.41, 5.74) is 3.98. The van der Waals surface area contributed by atoms with Crippen molar-refractivity contribution in [1.29, 1.82) is 0 Å². The van der Waals surface area contributed by atoms with Crippen molar-refractivity contribution >= 4 is 0 Å². The molecular weight excluding hydrogens is 253 g/mol.